The molecule has 0 radical (unpaired) electrons. The number of amides is 1. The number of carbonyl (C=O) groups excluding carboxylic acids is 1. The highest BCUT2D eigenvalue weighted by Gasteiger charge is 2.21. The fraction of sp³-hybridized carbons (Fsp3) is 0.417. The summed E-state index contributed by atoms with van der Waals surface area (Å²) in [5.41, 5.74) is 0.308. The van der Waals surface area contributed by atoms with Gasteiger partial charge in [-0.3, -0.25) is 4.79 Å². The average Bonchev–Trinajstić information content (AvgIpc) is 2.20. The minimum Gasteiger partial charge on any atom is -0.347 e. The maximum Gasteiger partial charge on any atom is 0.252 e. The van der Waals surface area contributed by atoms with Crippen molar-refractivity contribution in [3.05, 3.63) is 32.7 Å². The van der Waals surface area contributed by atoms with Gasteiger partial charge in [0.05, 0.1) is 5.56 Å². The molecule has 0 aromatic heterocycles. The summed E-state index contributed by atoms with van der Waals surface area (Å²) in [5, 5.41) is 2.97. The fourth-order valence-electron chi connectivity index (χ4n) is 1.34. The predicted octanol–water partition coefficient (Wildman–Crippen LogP) is 4.35. The van der Waals surface area contributed by atoms with Crippen LogP contribution in [0.3, 0.4) is 0 Å². The molecule has 0 bridgehead atoms. The number of benzene rings is 1. The van der Waals surface area contributed by atoms with E-state index < -0.39 is 0 Å². The van der Waals surface area contributed by atoms with Crippen LogP contribution in [0.25, 0.3) is 0 Å². The van der Waals surface area contributed by atoms with Crippen molar-refractivity contribution in [2.75, 3.05) is 5.88 Å². The van der Waals surface area contributed by atoms with Gasteiger partial charge >= 0.3 is 0 Å². The first-order valence-electron chi connectivity index (χ1n) is 5.19. The van der Waals surface area contributed by atoms with Crippen LogP contribution in [0.4, 0.5) is 0 Å². The van der Waals surface area contributed by atoms with E-state index in [0.29, 0.717) is 11.4 Å². The van der Waals surface area contributed by atoms with Gasteiger partial charge in [0.15, 0.2) is 0 Å². The zero-order chi connectivity index (χ0) is 13.1. The predicted molar refractivity (Wildman–Crippen MR) is 78.7 cm³/mol. The standard InChI is InChI=1S/C12H14Br2ClNO/c1-12(2,5-6-15)16-11(17)9-7-8(13)3-4-10(9)14/h3-4,7H,5-6H2,1-2H3,(H,16,17). The normalized spacial score (nSPS) is 11.4. The van der Waals surface area contributed by atoms with Gasteiger partial charge in [-0.15, -0.1) is 11.6 Å². The monoisotopic (exact) mass is 381 g/mol. The molecule has 0 atom stereocenters. The van der Waals surface area contributed by atoms with E-state index in [4.69, 9.17) is 11.6 Å². The third-order valence-electron chi connectivity index (χ3n) is 2.34. The first-order chi connectivity index (χ1) is 7.85. The Morgan fingerprint density at radius 3 is 2.65 bits per heavy atom. The average molecular weight is 384 g/mol. The molecule has 1 rings (SSSR count). The highest BCUT2D eigenvalue weighted by molar-refractivity contribution is 9.11. The minimum absolute atomic E-state index is 0.103. The smallest absolute Gasteiger partial charge is 0.252 e. The fourth-order valence-corrected chi connectivity index (χ4v) is 2.61. The van der Waals surface area contributed by atoms with E-state index >= 15 is 0 Å². The quantitative estimate of drug-likeness (QED) is 0.770. The van der Waals surface area contributed by atoms with Gasteiger partial charge in [0.1, 0.15) is 0 Å². The van der Waals surface area contributed by atoms with Gasteiger partial charge < -0.3 is 5.32 Å². The van der Waals surface area contributed by atoms with Gasteiger partial charge in [-0.05, 0) is 54.4 Å². The van der Waals surface area contributed by atoms with Crippen LogP contribution >= 0.6 is 43.5 Å². The zero-order valence-corrected chi connectivity index (χ0v) is 13.6. The van der Waals surface area contributed by atoms with Crippen LogP contribution in [0, 0.1) is 0 Å². The van der Waals surface area contributed by atoms with Crippen molar-refractivity contribution < 1.29 is 4.79 Å². The van der Waals surface area contributed by atoms with Crippen molar-refractivity contribution in [2.24, 2.45) is 0 Å². The van der Waals surface area contributed by atoms with Crippen molar-refractivity contribution in [1.29, 1.82) is 0 Å². The Morgan fingerprint density at radius 1 is 1.41 bits per heavy atom. The molecule has 2 nitrogen and oxygen atoms in total. The summed E-state index contributed by atoms with van der Waals surface area (Å²) < 4.78 is 1.65. The molecule has 0 heterocycles. The van der Waals surface area contributed by atoms with E-state index in [1.807, 2.05) is 26.0 Å². The molecule has 5 heteroatoms. The Balaban J connectivity index is 2.86. The summed E-state index contributed by atoms with van der Waals surface area (Å²) in [6.45, 7) is 3.92. The summed E-state index contributed by atoms with van der Waals surface area (Å²) in [5.74, 6) is 0.417. The van der Waals surface area contributed by atoms with E-state index in [9.17, 15) is 4.79 Å². The van der Waals surface area contributed by atoms with Gasteiger partial charge in [0.25, 0.3) is 5.91 Å². The molecule has 1 amide bonds. The third-order valence-corrected chi connectivity index (χ3v) is 3.72. The Hall–Kier alpha value is -0.0600. The Kier molecular flexibility index (Phi) is 5.48. The van der Waals surface area contributed by atoms with Crippen molar-refractivity contribution in [1.82, 2.24) is 5.32 Å². The van der Waals surface area contributed by atoms with Crippen LogP contribution in [0.1, 0.15) is 30.6 Å². The number of carbonyl (C=O) groups is 1. The van der Waals surface area contributed by atoms with Gasteiger partial charge in [-0.1, -0.05) is 15.9 Å². The van der Waals surface area contributed by atoms with E-state index in [2.05, 4.69) is 37.2 Å². The van der Waals surface area contributed by atoms with Crippen molar-refractivity contribution in [3.63, 3.8) is 0 Å². The number of alkyl halides is 1. The Bertz CT molecular complexity index is 421. The van der Waals surface area contributed by atoms with Crippen molar-refractivity contribution in [3.8, 4) is 0 Å². The molecule has 1 aromatic rings. The first-order valence-corrected chi connectivity index (χ1v) is 7.31. The Morgan fingerprint density at radius 2 is 2.06 bits per heavy atom. The van der Waals surface area contributed by atoms with Crippen LogP contribution in [0.2, 0.25) is 0 Å². The van der Waals surface area contributed by atoms with E-state index in [1.165, 1.54) is 0 Å². The number of nitrogens with one attached hydrogen (secondary N) is 1. The van der Waals surface area contributed by atoms with Crippen LogP contribution < -0.4 is 5.32 Å². The minimum atomic E-state index is -0.305. The van der Waals surface area contributed by atoms with E-state index in [-0.39, 0.29) is 11.4 Å². The van der Waals surface area contributed by atoms with Crippen LogP contribution in [-0.4, -0.2) is 17.3 Å². The second kappa shape index (κ2) is 6.21. The molecule has 0 saturated heterocycles. The third kappa shape index (κ3) is 4.60. The van der Waals surface area contributed by atoms with Gasteiger partial charge in [-0.2, -0.15) is 0 Å². The molecule has 17 heavy (non-hydrogen) atoms. The summed E-state index contributed by atoms with van der Waals surface area (Å²) in [6.07, 6.45) is 0.728. The summed E-state index contributed by atoms with van der Waals surface area (Å²) >= 11 is 12.4. The maximum absolute atomic E-state index is 12.1. The molecule has 94 valence electrons. The topological polar surface area (TPSA) is 29.1 Å². The molecule has 0 aliphatic heterocycles. The van der Waals surface area contributed by atoms with Crippen LogP contribution in [0.15, 0.2) is 27.1 Å². The number of halogens is 3. The molecule has 0 fully saturated rings. The number of hydrogen-bond acceptors (Lipinski definition) is 1. The van der Waals surface area contributed by atoms with Gasteiger partial charge in [-0.25, -0.2) is 0 Å². The molecule has 1 N–H and O–H groups in total. The molecule has 0 unspecified atom stereocenters. The zero-order valence-electron chi connectivity index (χ0n) is 9.69. The molecule has 0 aliphatic carbocycles. The van der Waals surface area contributed by atoms with Crippen molar-refractivity contribution >= 4 is 49.4 Å². The van der Waals surface area contributed by atoms with Gasteiger partial charge in [0, 0.05) is 20.4 Å². The highest BCUT2D eigenvalue weighted by atomic mass is 79.9. The van der Waals surface area contributed by atoms with Crippen molar-refractivity contribution in [2.45, 2.75) is 25.8 Å². The molecule has 0 aliphatic rings. The molecule has 1 aromatic carbocycles. The molecular weight excluding hydrogens is 369 g/mol. The number of rotatable bonds is 4. The highest BCUT2D eigenvalue weighted by Crippen LogP contribution is 2.22. The Labute approximate surface area is 123 Å². The van der Waals surface area contributed by atoms with Crippen LogP contribution in [-0.2, 0) is 0 Å². The largest absolute Gasteiger partial charge is 0.347 e. The van der Waals surface area contributed by atoms with Gasteiger partial charge in [0.2, 0.25) is 0 Å². The summed E-state index contributed by atoms with van der Waals surface area (Å²) in [4.78, 5) is 12.1. The lowest BCUT2D eigenvalue weighted by Gasteiger charge is -2.25. The summed E-state index contributed by atoms with van der Waals surface area (Å²) in [7, 11) is 0. The van der Waals surface area contributed by atoms with E-state index in [1.54, 1.807) is 6.07 Å². The molecular formula is C12H14Br2ClNO. The lowest BCUT2D eigenvalue weighted by molar-refractivity contribution is 0.0911. The SMILES string of the molecule is CC(C)(CCCl)NC(=O)c1cc(Br)ccc1Br. The van der Waals surface area contributed by atoms with E-state index in [0.717, 1.165) is 15.4 Å². The molecule has 0 spiro atoms. The second-order valence-corrected chi connectivity index (χ2v) is 6.55. The maximum atomic E-state index is 12.1. The lowest BCUT2D eigenvalue weighted by atomic mass is 10.0. The first kappa shape index (κ1) is 15.0. The van der Waals surface area contributed by atoms with Crippen LogP contribution in [0.5, 0.6) is 0 Å². The molecule has 0 saturated carbocycles. The lowest BCUT2D eigenvalue weighted by Crippen LogP contribution is -2.43. The number of hydrogen-bond donors (Lipinski definition) is 1. The summed E-state index contributed by atoms with van der Waals surface area (Å²) in [6, 6.07) is 5.51. The second-order valence-electron chi connectivity index (χ2n) is 4.40.